The third kappa shape index (κ3) is 7.98. The molecule has 1 N–H and O–H groups in total. The summed E-state index contributed by atoms with van der Waals surface area (Å²) in [6.45, 7) is 13.4. The van der Waals surface area contributed by atoms with Crippen LogP contribution in [-0.2, 0) is 16.7 Å². The monoisotopic (exact) mass is 592 g/mol. The average molecular weight is 593 g/mol. The molecule has 43 heavy (non-hydrogen) atoms. The quantitative estimate of drug-likeness (QED) is 0.332. The molecular weight excluding hydrogens is 539 g/mol. The lowest BCUT2D eigenvalue weighted by molar-refractivity contribution is 0.0226. The van der Waals surface area contributed by atoms with Crippen molar-refractivity contribution in [3.8, 4) is 0 Å². The van der Waals surface area contributed by atoms with Gasteiger partial charge < -0.3 is 19.9 Å². The smallest absolute Gasteiger partial charge is 0.410 e. The van der Waals surface area contributed by atoms with Gasteiger partial charge in [-0.3, -0.25) is 4.90 Å². The Balaban J connectivity index is 1.36. The van der Waals surface area contributed by atoms with Crippen molar-refractivity contribution in [3.63, 3.8) is 0 Å². The molecular formula is C36H53FN4O2. The zero-order valence-corrected chi connectivity index (χ0v) is 26.9. The number of carbonyl (C=O) groups excluding carboxylic acids is 1. The van der Waals surface area contributed by atoms with Gasteiger partial charge in [0.25, 0.3) is 0 Å². The molecule has 2 heterocycles. The molecule has 7 heteroatoms. The highest BCUT2D eigenvalue weighted by atomic mass is 19.1. The van der Waals surface area contributed by atoms with Crippen LogP contribution in [0.4, 0.5) is 9.18 Å². The van der Waals surface area contributed by atoms with Crippen LogP contribution in [0.3, 0.4) is 0 Å². The van der Waals surface area contributed by atoms with Crippen LogP contribution in [0, 0.1) is 17.7 Å². The van der Waals surface area contributed by atoms with Crippen molar-refractivity contribution in [2.75, 3.05) is 52.9 Å². The van der Waals surface area contributed by atoms with E-state index in [9.17, 15) is 9.18 Å². The standard InChI is InChI=1S/C36H53FN4O2/c1-35(2,3)43-34(42)39(4)24-19-38-33-16-9-15-32(33)36(27-41-20-10-21-41,30-13-8-14-31(37)25-30)29-17-22-40(23-18-29)26-28-11-6-5-7-12-28/h5-8,11-14,25,29,32-33,38H,9-10,15-24,26-27H2,1-4H3/t32-,33-,36-/m0/s1. The lowest BCUT2D eigenvalue weighted by atomic mass is 9.57. The Kier molecular flexibility index (Phi) is 10.5. The Morgan fingerprint density at radius 2 is 1.70 bits per heavy atom. The molecule has 1 aliphatic carbocycles. The van der Waals surface area contributed by atoms with Crippen molar-refractivity contribution < 1.29 is 13.9 Å². The summed E-state index contributed by atoms with van der Waals surface area (Å²) in [5.74, 6) is 0.764. The molecule has 2 saturated heterocycles. The fraction of sp³-hybridized carbons (Fsp3) is 0.639. The number of nitrogens with zero attached hydrogens (tertiary/aromatic N) is 3. The van der Waals surface area contributed by atoms with Crippen molar-refractivity contribution in [1.29, 1.82) is 0 Å². The average Bonchev–Trinajstić information content (AvgIpc) is 3.42. The third-order valence-electron chi connectivity index (χ3n) is 10.1. The fourth-order valence-electron chi connectivity index (χ4n) is 7.90. The predicted molar refractivity (Wildman–Crippen MR) is 172 cm³/mol. The van der Waals surface area contributed by atoms with E-state index in [1.54, 1.807) is 11.0 Å². The number of benzene rings is 2. The van der Waals surface area contributed by atoms with Gasteiger partial charge in [0, 0.05) is 44.7 Å². The normalized spacial score (nSPS) is 23.5. The molecule has 0 radical (unpaired) electrons. The second kappa shape index (κ2) is 14.1. The minimum absolute atomic E-state index is 0.118. The number of halogens is 1. The largest absolute Gasteiger partial charge is 0.444 e. The van der Waals surface area contributed by atoms with E-state index in [0.717, 1.165) is 71.5 Å². The van der Waals surface area contributed by atoms with E-state index in [4.69, 9.17) is 4.74 Å². The number of rotatable bonds is 11. The summed E-state index contributed by atoms with van der Waals surface area (Å²) in [7, 11) is 1.81. The van der Waals surface area contributed by atoms with Crippen LogP contribution >= 0.6 is 0 Å². The molecule has 1 amide bonds. The van der Waals surface area contributed by atoms with E-state index < -0.39 is 5.60 Å². The number of likely N-dealkylation sites (N-methyl/N-ethyl adjacent to an activating group) is 1. The highest BCUT2D eigenvalue weighted by Crippen LogP contribution is 2.51. The number of hydrogen-bond donors (Lipinski definition) is 1. The molecule has 3 aliphatic rings. The van der Waals surface area contributed by atoms with Crippen LogP contribution in [-0.4, -0.2) is 85.3 Å². The topological polar surface area (TPSA) is 48.0 Å². The second-order valence-corrected chi connectivity index (χ2v) is 14.2. The zero-order chi connectivity index (χ0) is 30.5. The lowest BCUT2D eigenvalue weighted by Gasteiger charge is -2.54. The fourth-order valence-corrected chi connectivity index (χ4v) is 7.90. The molecule has 3 atom stereocenters. The van der Waals surface area contributed by atoms with E-state index in [0.29, 0.717) is 24.4 Å². The van der Waals surface area contributed by atoms with Gasteiger partial charge >= 0.3 is 6.09 Å². The van der Waals surface area contributed by atoms with Crippen LogP contribution in [0.25, 0.3) is 0 Å². The van der Waals surface area contributed by atoms with Crippen LogP contribution in [0.15, 0.2) is 54.6 Å². The molecule has 236 valence electrons. The number of hydrogen-bond acceptors (Lipinski definition) is 5. The molecule has 0 unspecified atom stereocenters. The summed E-state index contributed by atoms with van der Waals surface area (Å²) < 4.78 is 20.6. The molecule has 1 saturated carbocycles. The van der Waals surface area contributed by atoms with Crippen LogP contribution in [0.1, 0.15) is 70.4 Å². The summed E-state index contributed by atoms with van der Waals surface area (Å²) in [5, 5.41) is 3.89. The molecule has 2 aromatic carbocycles. The predicted octanol–water partition coefficient (Wildman–Crippen LogP) is 6.31. The van der Waals surface area contributed by atoms with Gasteiger partial charge in [-0.2, -0.15) is 0 Å². The summed E-state index contributed by atoms with van der Waals surface area (Å²) in [6.07, 6.45) is 6.65. The number of carbonyl (C=O) groups is 1. The van der Waals surface area contributed by atoms with Crippen molar-refractivity contribution in [3.05, 3.63) is 71.5 Å². The number of nitrogens with one attached hydrogen (secondary N) is 1. The highest BCUT2D eigenvalue weighted by Gasteiger charge is 2.52. The number of likely N-dealkylation sites (tertiary alicyclic amines) is 2. The van der Waals surface area contributed by atoms with Gasteiger partial charge in [0.15, 0.2) is 0 Å². The molecule has 0 bridgehead atoms. The van der Waals surface area contributed by atoms with Crippen molar-refractivity contribution in [1.82, 2.24) is 20.0 Å². The van der Waals surface area contributed by atoms with E-state index in [1.165, 1.54) is 24.0 Å². The Labute approximate surface area is 258 Å². The van der Waals surface area contributed by atoms with Crippen LogP contribution < -0.4 is 5.32 Å². The first-order chi connectivity index (χ1) is 20.6. The first-order valence-electron chi connectivity index (χ1n) is 16.6. The maximum Gasteiger partial charge on any atom is 0.410 e. The van der Waals surface area contributed by atoms with Crippen molar-refractivity contribution >= 4 is 6.09 Å². The minimum atomic E-state index is -0.507. The van der Waals surface area contributed by atoms with E-state index in [-0.39, 0.29) is 17.3 Å². The summed E-state index contributed by atoms with van der Waals surface area (Å²) in [6, 6.07) is 18.7. The van der Waals surface area contributed by atoms with Crippen molar-refractivity contribution in [2.24, 2.45) is 11.8 Å². The Hall–Kier alpha value is -2.48. The Morgan fingerprint density at radius 3 is 2.35 bits per heavy atom. The molecule has 2 aliphatic heterocycles. The summed E-state index contributed by atoms with van der Waals surface area (Å²) in [5.41, 5.74) is 1.93. The lowest BCUT2D eigenvalue weighted by Crippen LogP contribution is -2.59. The summed E-state index contributed by atoms with van der Waals surface area (Å²) in [4.78, 5) is 19.5. The number of piperidine rings is 1. The Morgan fingerprint density at radius 1 is 0.953 bits per heavy atom. The molecule has 0 spiro atoms. The Bertz CT molecular complexity index is 1180. The van der Waals surface area contributed by atoms with E-state index in [2.05, 4.69) is 51.5 Å². The number of ether oxygens (including phenoxy) is 1. The van der Waals surface area contributed by atoms with Gasteiger partial charge in [-0.25, -0.2) is 9.18 Å². The minimum Gasteiger partial charge on any atom is -0.444 e. The summed E-state index contributed by atoms with van der Waals surface area (Å²) >= 11 is 0. The van der Waals surface area contributed by atoms with Crippen molar-refractivity contribution in [2.45, 2.75) is 82.9 Å². The van der Waals surface area contributed by atoms with Gasteiger partial charge in [0.05, 0.1) is 0 Å². The maximum atomic E-state index is 15.0. The molecule has 2 aromatic rings. The van der Waals surface area contributed by atoms with Crippen LogP contribution in [0.2, 0.25) is 0 Å². The number of amides is 1. The van der Waals surface area contributed by atoms with E-state index in [1.807, 2.05) is 40.0 Å². The first kappa shape index (κ1) is 31.9. The third-order valence-corrected chi connectivity index (χ3v) is 10.1. The first-order valence-corrected chi connectivity index (χ1v) is 16.6. The highest BCUT2D eigenvalue weighted by molar-refractivity contribution is 5.67. The van der Waals surface area contributed by atoms with Gasteiger partial charge in [-0.1, -0.05) is 48.9 Å². The van der Waals surface area contributed by atoms with Gasteiger partial charge in [0.2, 0.25) is 0 Å². The van der Waals surface area contributed by atoms with E-state index >= 15 is 0 Å². The van der Waals surface area contributed by atoms with Crippen LogP contribution in [0.5, 0.6) is 0 Å². The molecule has 0 aromatic heterocycles. The molecule has 3 fully saturated rings. The molecule has 6 nitrogen and oxygen atoms in total. The van der Waals surface area contributed by atoms with Gasteiger partial charge in [0.1, 0.15) is 11.4 Å². The second-order valence-electron chi connectivity index (χ2n) is 14.2. The SMILES string of the molecule is CN(CCN[C@H]1CCC[C@@H]1[C@](CN1CCC1)(c1cccc(F)c1)C1CCN(Cc2ccccc2)CC1)C(=O)OC(C)(C)C. The zero-order valence-electron chi connectivity index (χ0n) is 26.9. The maximum absolute atomic E-state index is 15.0. The van der Waals surface area contributed by atoms with Gasteiger partial charge in [-0.05, 0) is 114 Å². The molecule has 5 rings (SSSR count). The van der Waals surface area contributed by atoms with Gasteiger partial charge in [-0.15, -0.1) is 0 Å².